The zero-order valence-corrected chi connectivity index (χ0v) is 16.6. The van der Waals surface area contributed by atoms with Gasteiger partial charge in [-0.15, -0.1) is 11.3 Å². The Morgan fingerprint density at radius 3 is 2.81 bits per heavy atom. The number of nitrogens with zero attached hydrogens (tertiary/aromatic N) is 2. The third-order valence-corrected chi connectivity index (χ3v) is 5.25. The molecule has 27 heavy (non-hydrogen) atoms. The molecule has 1 aliphatic heterocycles. The summed E-state index contributed by atoms with van der Waals surface area (Å²) in [7, 11) is 0. The quantitative estimate of drug-likeness (QED) is 0.819. The molecule has 8 heteroatoms. The second-order valence-electron chi connectivity index (χ2n) is 6.28. The second kappa shape index (κ2) is 8.39. The molecule has 3 rings (SSSR count). The number of ether oxygens (including phenoxy) is 1. The van der Waals surface area contributed by atoms with Gasteiger partial charge in [-0.1, -0.05) is 0 Å². The molecule has 3 amide bonds. The number of anilines is 1. The minimum atomic E-state index is -0.148. The van der Waals surface area contributed by atoms with E-state index in [-0.39, 0.29) is 18.0 Å². The molecule has 0 aliphatic carbocycles. The Morgan fingerprint density at radius 1 is 1.33 bits per heavy atom. The number of nitrogens with one attached hydrogen (secondary N) is 2. The largest absolute Gasteiger partial charge is 0.493 e. The van der Waals surface area contributed by atoms with Gasteiger partial charge >= 0.3 is 6.03 Å². The summed E-state index contributed by atoms with van der Waals surface area (Å²) in [4.78, 5) is 29.9. The van der Waals surface area contributed by atoms with Crippen LogP contribution in [0.5, 0.6) is 5.75 Å². The summed E-state index contributed by atoms with van der Waals surface area (Å²) in [6, 6.07) is 5.64. The topological polar surface area (TPSA) is 83.6 Å². The van der Waals surface area contributed by atoms with E-state index in [4.69, 9.17) is 4.74 Å². The average molecular weight is 388 g/mol. The summed E-state index contributed by atoms with van der Waals surface area (Å²) in [6.45, 7) is 7.28. The molecule has 2 aromatic rings. The van der Waals surface area contributed by atoms with Gasteiger partial charge < -0.3 is 15.0 Å². The lowest BCUT2D eigenvalue weighted by Gasteiger charge is -2.26. The number of carbonyl (C=O) groups is 2. The Labute approximate surface area is 162 Å². The van der Waals surface area contributed by atoms with Gasteiger partial charge in [0.15, 0.2) is 5.13 Å². The number of aromatic nitrogens is 1. The standard InChI is InChI=1S/C19H24N4O3S/c1-4-23(5-2)19(25)22-18-21-16(11-27-18)13-6-7-17-14(10-13)15(8-9-26-17)20-12(3)24/h6-7,10-11,15H,4-5,8-9H2,1-3H3,(H,20,24)(H,21,22,25). The van der Waals surface area contributed by atoms with Crippen molar-refractivity contribution < 1.29 is 14.3 Å². The van der Waals surface area contributed by atoms with Crippen molar-refractivity contribution in [1.82, 2.24) is 15.2 Å². The van der Waals surface area contributed by atoms with E-state index >= 15 is 0 Å². The van der Waals surface area contributed by atoms with Crippen molar-refractivity contribution in [3.8, 4) is 17.0 Å². The lowest BCUT2D eigenvalue weighted by atomic mass is 9.97. The number of urea groups is 1. The van der Waals surface area contributed by atoms with Crippen molar-refractivity contribution in [1.29, 1.82) is 0 Å². The summed E-state index contributed by atoms with van der Waals surface area (Å²) in [5.74, 6) is 0.724. The van der Waals surface area contributed by atoms with Gasteiger partial charge in [-0.2, -0.15) is 0 Å². The molecule has 1 aromatic heterocycles. The first-order chi connectivity index (χ1) is 13.0. The average Bonchev–Trinajstić information content (AvgIpc) is 3.10. The smallest absolute Gasteiger partial charge is 0.323 e. The van der Waals surface area contributed by atoms with Gasteiger partial charge in [-0.25, -0.2) is 9.78 Å². The van der Waals surface area contributed by atoms with E-state index in [1.807, 2.05) is 37.4 Å². The van der Waals surface area contributed by atoms with E-state index in [1.165, 1.54) is 18.3 Å². The van der Waals surface area contributed by atoms with Crippen molar-refractivity contribution in [3.63, 3.8) is 0 Å². The Morgan fingerprint density at radius 2 is 2.11 bits per heavy atom. The lowest BCUT2D eigenvalue weighted by molar-refractivity contribution is -0.119. The Hall–Kier alpha value is -2.61. The molecule has 144 valence electrons. The van der Waals surface area contributed by atoms with Gasteiger partial charge in [0, 0.05) is 42.9 Å². The minimum Gasteiger partial charge on any atom is -0.493 e. The fraction of sp³-hybridized carbons (Fsp3) is 0.421. The van der Waals surface area contributed by atoms with E-state index < -0.39 is 0 Å². The van der Waals surface area contributed by atoms with E-state index in [9.17, 15) is 9.59 Å². The fourth-order valence-electron chi connectivity index (χ4n) is 3.09. The van der Waals surface area contributed by atoms with Crippen LogP contribution in [0.3, 0.4) is 0 Å². The number of hydrogen-bond acceptors (Lipinski definition) is 5. The molecule has 1 atom stereocenters. The Bertz CT molecular complexity index is 832. The number of amides is 3. The zero-order chi connectivity index (χ0) is 19.4. The first-order valence-electron chi connectivity index (χ1n) is 9.07. The molecule has 0 saturated heterocycles. The third-order valence-electron chi connectivity index (χ3n) is 4.49. The highest BCUT2D eigenvalue weighted by atomic mass is 32.1. The van der Waals surface area contributed by atoms with Crippen LogP contribution in [0.15, 0.2) is 23.6 Å². The second-order valence-corrected chi connectivity index (χ2v) is 7.14. The molecule has 7 nitrogen and oxygen atoms in total. The SMILES string of the molecule is CCN(CC)C(=O)Nc1nc(-c2ccc3c(c2)C(NC(C)=O)CCO3)cs1. The number of thiazole rings is 1. The maximum atomic E-state index is 12.2. The highest BCUT2D eigenvalue weighted by Gasteiger charge is 2.23. The van der Waals surface area contributed by atoms with E-state index in [0.717, 1.165) is 29.0 Å². The number of carbonyl (C=O) groups excluding carboxylic acids is 2. The first kappa shape index (κ1) is 19.2. The normalized spacial score (nSPS) is 15.4. The summed E-state index contributed by atoms with van der Waals surface area (Å²) >= 11 is 1.39. The Kier molecular flexibility index (Phi) is 5.95. The summed E-state index contributed by atoms with van der Waals surface area (Å²) in [5, 5.41) is 8.30. The lowest BCUT2D eigenvalue weighted by Crippen LogP contribution is -2.34. The molecule has 0 radical (unpaired) electrons. The molecule has 2 heterocycles. The van der Waals surface area contributed by atoms with E-state index in [2.05, 4.69) is 15.6 Å². The number of rotatable bonds is 5. The van der Waals surface area contributed by atoms with Crippen molar-refractivity contribution >= 4 is 28.4 Å². The van der Waals surface area contributed by atoms with Gasteiger partial charge in [0.05, 0.1) is 18.3 Å². The van der Waals surface area contributed by atoms with Crippen molar-refractivity contribution in [3.05, 3.63) is 29.1 Å². The van der Waals surface area contributed by atoms with E-state index in [0.29, 0.717) is 24.8 Å². The summed E-state index contributed by atoms with van der Waals surface area (Å²) in [6.07, 6.45) is 0.734. The molecule has 1 aliphatic rings. The van der Waals surface area contributed by atoms with Crippen LogP contribution in [0, 0.1) is 0 Å². The van der Waals surface area contributed by atoms with Gasteiger partial charge in [0.2, 0.25) is 5.91 Å². The van der Waals surface area contributed by atoms with Crippen LogP contribution < -0.4 is 15.4 Å². The van der Waals surface area contributed by atoms with Crippen LogP contribution in [-0.2, 0) is 4.79 Å². The molecular weight excluding hydrogens is 364 g/mol. The highest BCUT2D eigenvalue weighted by Crippen LogP contribution is 2.36. The maximum absolute atomic E-state index is 12.2. The van der Waals surface area contributed by atoms with Crippen LogP contribution in [-0.4, -0.2) is 41.5 Å². The maximum Gasteiger partial charge on any atom is 0.323 e. The van der Waals surface area contributed by atoms with Crippen molar-refractivity contribution in [2.45, 2.75) is 33.2 Å². The fourth-order valence-corrected chi connectivity index (χ4v) is 3.80. The van der Waals surface area contributed by atoms with Gasteiger partial charge in [-0.05, 0) is 32.0 Å². The summed E-state index contributed by atoms with van der Waals surface area (Å²) in [5.41, 5.74) is 2.66. The number of hydrogen-bond donors (Lipinski definition) is 2. The van der Waals surface area contributed by atoms with Crippen molar-refractivity contribution in [2.24, 2.45) is 0 Å². The van der Waals surface area contributed by atoms with Gasteiger partial charge in [0.1, 0.15) is 5.75 Å². The predicted molar refractivity (Wildman–Crippen MR) is 106 cm³/mol. The van der Waals surface area contributed by atoms with Gasteiger partial charge in [-0.3, -0.25) is 10.1 Å². The Balaban J connectivity index is 1.81. The molecule has 0 bridgehead atoms. The molecule has 1 aromatic carbocycles. The zero-order valence-electron chi connectivity index (χ0n) is 15.7. The summed E-state index contributed by atoms with van der Waals surface area (Å²) < 4.78 is 5.70. The van der Waals surface area contributed by atoms with Crippen molar-refractivity contribution in [2.75, 3.05) is 25.0 Å². The first-order valence-corrected chi connectivity index (χ1v) is 9.95. The van der Waals surface area contributed by atoms with Crippen LogP contribution >= 0.6 is 11.3 Å². The minimum absolute atomic E-state index is 0.0617. The monoisotopic (exact) mass is 388 g/mol. The molecular formula is C19H24N4O3S. The van der Waals surface area contributed by atoms with Gasteiger partial charge in [0.25, 0.3) is 0 Å². The van der Waals surface area contributed by atoms with Crippen LogP contribution in [0.1, 0.15) is 38.8 Å². The van der Waals surface area contributed by atoms with Crippen LogP contribution in [0.2, 0.25) is 0 Å². The molecule has 1 unspecified atom stereocenters. The van der Waals surface area contributed by atoms with E-state index in [1.54, 1.807) is 4.90 Å². The molecule has 0 spiro atoms. The predicted octanol–water partition coefficient (Wildman–Crippen LogP) is 3.64. The molecule has 0 saturated carbocycles. The highest BCUT2D eigenvalue weighted by molar-refractivity contribution is 7.14. The molecule has 0 fully saturated rings. The number of benzene rings is 1. The molecule has 2 N–H and O–H groups in total. The van der Waals surface area contributed by atoms with Crippen LogP contribution in [0.25, 0.3) is 11.3 Å². The third kappa shape index (κ3) is 4.39. The van der Waals surface area contributed by atoms with Crippen LogP contribution in [0.4, 0.5) is 9.93 Å². The number of fused-ring (bicyclic) bond motifs is 1.